The van der Waals surface area contributed by atoms with Gasteiger partial charge in [0.2, 0.25) is 0 Å². The maximum atomic E-state index is 8.72. The number of nitrogens with zero attached hydrogens (tertiary/aromatic N) is 2. The highest BCUT2D eigenvalue weighted by Gasteiger charge is 2.11. The van der Waals surface area contributed by atoms with Crippen LogP contribution in [0.15, 0.2) is 22.7 Å². The van der Waals surface area contributed by atoms with Crippen LogP contribution < -0.4 is 4.90 Å². The topological polar surface area (TPSA) is 36.3 Å². The highest BCUT2D eigenvalue weighted by molar-refractivity contribution is 9.10. The third kappa shape index (κ3) is 4.49. The average Bonchev–Trinajstić information content (AvgIpc) is 2.39. The van der Waals surface area contributed by atoms with Gasteiger partial charge in [-0.05, 0) is 23.8 Å². The third-order valence-corrected chi connectivity index (χ3v) is 3.37. The lowest BCUT2D eigenvalue weighted by atomic mass is 10.1. The molecule has 1 aromatic rings. The Bertz CT molecular complexity index is 420. The second-order valence-corrected chi connectivity index (χ2v) is 4.98. The Morgan fingerprint density at radius 1 is 1.44 bits per heavy atom. The molecule has 0 aliphatic carbocycles. The number of ether oxygens (including phenoxy) is 1. The van der Waals surface area contributed by atoms with E-state index in [-0.39, 0.29) is 0 Å². The first-order valence-corrected chi connectivity index (χ1v) is 7.01. The lowest BCUT2D eigenvalue weighted by Crippen LogP contribution is -2.29. The standard InChI is InChI=1S/C13H16BrClN2O/c1-18-8-7-17(6-2-5-16)13-4-3-12(14)9-11(13)10-15/h3-4,9H,2,6-8,10H2,1H3. The summed E-state index contributed by atoms with van der Waals surface area (Å²) in [6, 6.07) is 8.18. The molecule has 0 N–H and O–H groups in total. The summed E-state index contributed by atoms with van der Waals surface area (Å²) < 4.78 is 6.11. The quantitative estimate of drug-likeness (QED) is 0.717. The number of alkyl halides is 1. The lowest BCUT2D eigenvalue weighted by molar-refractivity contribution is 0.205. The minimum Gasteiger partial charge on any atom is -0.383 e. The molecule has 5 heteroatoms. The van der Waals surface area contributed by atoms with Crippen LogP contribution >= 0.6 is 27.5 Å². The van der Waals surface area contributed by atoms with Crippen LogP contribution in [-0.2, 0) is 10.6 Å². The monoisotopic (exact) mass is 330 g/mol. The predicted molar refractivity (Wildman–Crippen MR) is 78.0 cm³/mol. The Morgan fingerprint density at radius 3 is 2.83 bits per heavy atom. The van der Waals surface area contributed by atoms with Crippen LogP contribution in [0.3, 0.4) is 0 Å². The minimum absolute atomic E-state index is 0.449. The van der Waals surface area contributed by atoms with Gasteiger partial charge in [-0.25, -0.2) is 0 Å². The fraction of sp³-hybridized carbons (Fsp3) is 0.462. The van der Waals surface area contributed by atoms with Crippen LogP contribution in [0.2, 0.25) is 0 Å². The van der Waals surface area contributed by atoms with Crippen LogP contribution in [0.25, 0.3) is 0 Å². The van der Waals surface area contributed by atoms with Gasteiger partial charge >= 0.3 is 0 Å². The van der Waals surface area contributed by atoms with Crippen LogP contribution in [0.5, 0.6) is 0 Å². The van der Waals surface area contributed by atoms with Gasteiger partial charge in [0.05, 0.1) is 19.1 Å². The fourth-order valence-electron chi connectivity index (χ4n) is 1.71. The molecule has 0 amide bonds. The SMILES string of the molecule is COCCN(CCC#N)c1ccc(Br)cc1CCl. The van der Waals surface area contributed by atoms with Crippen molar-refractivity contribution in [1.82, 2.24) is 0 Å². The van der Waals surface area contributed by atoms with Crippen molar-refractivity contribution >= 4 is 33.2 Å². The number of hydrogen-bond acceptors (Lipinski definition) is 3. The molecule has 0 aliphatic rings. The molecule has 3 nitrogen and oxygen atoms in total. The Labute approximate surface area is 121 Å². The van der Waals surface area contributed by atoms with Gasteiger partial charge in [-0.2, -0.15) is 5.26 Å². The second kappa shape index (κ2) is 8.36. The molecule has 98 valence electrons. The highest BCUT2D eigenvalue weighted by atomic mass is 79.9. The van der Waals surface area contributed by atoms with E-state index in [1.807, 2.05) is 18.2 Å². The molecule has 0 bridgehead atoms. The Kier molecular flexibility index (Phi) is 7.11. The van der Waals surface area contributed by atoms with E-state index in [2.05, 4.69) is 26.9 Å². The van der Waals surface area contributed by atoms with Crippen LogP contribution in [0.1, 0.15) is 12.0 Å². The second-order valence-electron chi connectivity index (χ2n) is 3.79. The van der Waals surface area contributed by atoms with Crippen LogP contribution in [-0.4, -0.2) is 26.8 Å². The van der Waals surface area contributed by atoms with Crippen molar-refractivity contribution in [3.8, 4) is 6.07 Å². The van der Waals surface area contributed by atoms with Crippen LogP contribution in [0, 0.1) is 11.3 Å². The van der Waals surface area contributed by atoms with E-state index in [1.54, 1.807) is 7.11 Å². The molecule has 0 radical (unpaired) electrons. The number of nitriles is 1. The van der Waals surface area contributed by atoms with E-state index in [9.17, 15) is 0 Å². The van der Waals surface area contributed by atoms with Gasteiger partial charge in [0.15, 0.2) is 0 Å². The zero-order valence-corrected chi connectivity index (χ0v) is 12.7. The van der Waals surface area contributed by atoms with Gasteiger partial charge < -0.3 is 9.64 Å². The summed E-state index contributed by atoms with van der Waals surface area (Å²) in [7, 11) is 1.67. The number of methoxy groups -OCH3 is 1. The molecule has 0 saturated heterocycles. The van der Waals surface area contributed by atoms with Crippen molar-refractivity contribution in [2.75, 3.05) is 31.7 Å². The molecule has 0 spiro atoms. The number of rotatable bonds is 7. The Morgan fingerprint density at radius 2 is 2.22 bits per heavy atom. The van der Waals surface area contributed by atoms with Crippen molar-refractivity contribution in [2.24, 2.45) is 0 Å². The molecular formula is C13H16BrClN2O. The van der Waals surface area contributed by atoms with E-state index in [0.29, 0.717) is 25.5 Å². The molecular weight excluding hydrogens is 316 g/mol. The minimum atomic E-state index is 0.449. The van der Waals surface area contributed by atoms with Gasteiger partial charge in [0, 0.05) is 36.2 Å². The van der Waals surface area contributed by atoms with Crippen molar-refractivity contribution < 1.29 is 4.74 Å². The summed E-state index contributed by atoms with van der Waals surface area (Å²) >= 11 is 9.41. The highest BCUT2D eigenvalue weighted by Crippen LogP contribution is 2.26. The van der Waals surface area contributed by atoms with Gasteiger partial charge in [-0.1, -0.05) is 15.9 Å². The zero-order valence-electron chi connectivity index (χ0n) is 10.3. The van der Waals surface area contributed by atoms with E-state index >= 15 is 0 Å². The van der Waals surface area contributed by atoms with Crippen molar-refractivity contribution in [3.63, 3.8) is 0 Å². The molecule has 0 saturated carbocycles. The largest absolute Gasteiger partial charge is 0.383 e. The Balaban J connectivity index is 2.92. The molecule has 18 heavy (non-hydrogen) atoms. The number of hydrogen-bond donors (Lipinski definition) is 0. The average molecular weight is 332 g/mol. The van der Waals surface area contributed by atoms with Crippen LogP contribution in [0.4, 0.5) is 5.69 Å². The van der Waals surface area contributed by atoms with E-state index < -0.39 is 0 Å². The fourth-order valence-corrected chi connectivity index (χ4v) is 2.33. The normalized spacial score (nSPS) is 10.1. The molecule has 0 unspecified atom stereocenters. The lowest BCUT2D eigenvalue weighted by Gasteiger charge is -2.25. The zero-order chi connectivity index (χ0) is 13.4. The molecule has 0 heterocycles. The first-order valence-electron chi connectivity index (χ1n) is 5.68. The molecule has 0 aliphatic heterocycles. The summed E-state index contributed by atoms with van der Waals surface area (Å²) in [4.78, 5) is 2.14. The van der Waals surface area contributed by atoms with Crippen molar-refractivity contribution in [3.05, 3.63) is 28.2 Å². The van der Waals surface area contributed by atoms with E-state index in [4.69, 9.17) is 21.6 Å². The number of benzene rings is 1. The molecule has 0 fully saturated rings. The summed E-state index contributed by atoms with van der Waals surface area (Å²) in [6.07, 6.45) is 0.488. The summed E-state index contributed by atoms with van der Waals surface area (Å²) in [5.41, 5.74) is 2.13. The molecule has 1 aromatic carbocycles. The van der Waals surface area contributed by atoms with E-state index in [0.717, 1.165) is 22.3 Å². The van der Waals surface area contributed by atoms with E-state index in [1.165, 1.54) is 0 Å². The van der Waals surface area contributed by atoms with Crippen molar-refractivity contribution in [1.29, 1.82) is 5.26 Å². The maximum Gasteiger partial charge on any atom is 0.0640 e. The summed E-state index contributed by atoms with van der Waals surface area (Å²) in [6.45, 7) is 2.07. The first kappa shape index (κ1) is 15.3. The van der Waals surface area contributed by atoms with Gasteiger partial charge in [0.1, 0.15) is 0 Å². The van der Waals surface area contributed by atoms with Gasteiger partial charge in [-0.3, -0.25) is 0 Å². The first-order chi connectivity index (χ1) is 8.72. The maximum absolute atomic E-state index is 8.72. The number of halogens is 2. The molecule has 0 atom stereocenters. The van der Waals surface area contributed by atoms with Gasteiger partial charge in [-0.15, -0.1) is 11.6 Å². The summed E-state index contributed by atoms with van der Waals surface area (Å²) in [5, 5.41) is 8.72. The third-order valence-electron chi connectivity index (χ3n) is 2.59. The smallest absolute Gasteiger partial charge is 0.0640 e. The molecule has 1 rings (SSSR count). The number of anilines is 1. The predicted octanol–water partition coefficient (Wildman–Crippen LogP) is 3.55. The summed E-state index contributed by atoms with van der Waals surface area (Å²) in [5.74, 6) is 0.449. The van der Waals surface area contributed by atoms with Crippen molar-refractivity contribution in [2.45, 2.75) is 12.3 Å². The van der Waals surface area contributed by atoms with Gasteiger partial charge in [0.25, 0.3) is 0 Å². The molecule has 0 aromatic heterocycles. The Hall–Kier alpha value is -0.760.